The number of carboxylic acid groups (broad SMARTS) is 1. The minimum atomic E-state index is -1.08. The molecular formula is C18H17NO4. The van der Waals surface area contributed by atoms with E-state index in [-0.39, 0.29) is 0 Å². The van der Waals surface area contributed by atoms with Crippen LogP contribution in [0.4, 0.5) is 0 Å². The van der Waals surface area contributed by atoms with Gasteiger partial charge in [-0.15, -0.1) is 0 Å². The standard InChI is InChI=1S/C18H17NO4/c1-13(18(21)22)19-17(20)11-10-14-6-5-9-16(12-14)23-15-7-3-2-4-8-15/h2-13H,1H3,(H,19,20)(H,21,22)/b11-10+/t13-/m1/s1. The highest BCUT2D eigenvalue weighted by atomic mass is 16.5. The van der Waals surface area contributed by atoms with Gasteiger partial charge in [-0.25, -0.2) is 0 Å². The van der Waals surface area contributed by atoms with Gasteiger partial charge in [-0.05, 0) is 42.8 Å². The van der Waals surface area contributed by atoms with Gasteiger partial charge < -0.3 is 15.2 Å². The molecular weight excluding hydrogens is 294 g/mol. The number of hydrogen-bond donors (Lipinski definition) is 2. The van der Waals surface area contributed by atoms with E-state index in [0.29, 0.717) is 5.75 Å². The van der Waals surface area contributed by atoms with Gasteiger partial charge in [0.15, 0.2) is 0 Å². The molecule has 0 saturated carbocycles. The largest absolute Gasteiger partial charge is 0.480 e. The zero-order valence-electron chi connectivity index (χ0n) is 12.6. The van der Waals surface area contributed by atoms with Crippen molar-refractivity contribution in [1.29, 1.82) is 0 Å². The summed E-state index contributed by atoms with van der Waals surface area (Å²) in [5.41, 5.74) is 0.775. The Morgan fingerprint density at radius 2 is 1.78 bits per heavy atom. The summed E-state index contributed by atoms with van der Waals surface area (Å²) in [6.07, 6.45) is 2.89. The Hall–Kier alpha value is -3.08. The number of carboxylic acids is 1. The van der Waals surface area contributed by atoms with Crippen LogP contribution < -0.4 is 10.1 Å². The summed E-state index contributed by atoms with van der Waals surface area (Å²) in [6, 6.07) is 15.7. The van der Waals surface area contributed by atoms with Crippen molar-refractivity contribution in [3.8, 4) is 11.5 Å². The van der Waals surface area contributed by atoms with Crippen LogP contribution in [-0.4, -0.2) is 23.0 Å². The molecule has 0 aliphatic heterocycles. The van der Waals surface area contributed by atoms with E-state index in [9.17, 15) is 9.59 Å². The fraction of sp³-hybridized carbons (Fsp3) is 0.111. The predicted octanol–water partition coefficient (Wildman–Crippen LogP) is 3.08. The summed E-state index contributed by atoms with van der Waals surface area (Å²) in [5.74, 6) is -0.168. The van der Waals surface area contributed by atoms with Crippen molar-refractivity contribution < 1.29 is 19.4 Å². The molecule has 0 unspecified atom stereocenters. The molecule has 2 aromatic rings. The van der Waals surface area contributed by atoms with E-state index in [2.05, 4.69) is 5.32 Å². The van der Waals surface area contributed by atoms with Gasteiger partial charge in [-0.2, -0.15) is 0 Å². The van der Waals surface area contributed by atoms with E-state index >= 15 is 0 Å². The van der Waals surface area contributed by atoms with Crippen LogP contribution in [0.15, 0.2) is 60.7 Å². The van der Waals surface area contributed by atoms with Crippen molar-refractivity contribution in [2.45, 2.75) is 13.0 Å². The zero-order valence-corrected chi connectivity index (χ0v) is 12.6. The number of ether oxygens (including phenoxy) is 1. The van der Waals surface area contributed by atoms with E-state index in [0.717, 1.165) is 11.3 Å². The molecule has 0 aliphatic rings. The van der Waals surface area contributed by atoms with Crippen LogP contribution in [0.1, 0.15) is 12.5 Å². The maximum absolute atomic E-state index is 11.6. The molecule has 5 heteroatoms. The highest BCUT2D eigenvalue weighted by molar-refractivity contribution is 5.94. The third kappa shape index (κ3) is 5.32. The van der Waals surface area contributed by atoms with Gasteiger partial charge in [0.25, 0.3) is 0 Å². The summed E-state index contributed by atoms with van der Waals surface area (Å²) in [6.45, 7) is 1.41. The van der Waals surface area contributed by atoms with Gasteiger partial charge in [-0.1, -0.05) is 30.3 Å². The highest BCUT2D eigenvalue weighted by Gasteiger charge is 2.11. The number of nitrogens with one attached hydrogen (secondary N) is 1. The van der Waals surface area contributed by atoms with E-state index in [1.54, 1.807) is 12.1 Å². The predicted molar refractivity (Wildman–Crippen MR) is 87.2 cm³/mol. The Morgan fingerprint density at radius 3 is 2.48 bits per heavy atom. The molecule has 0 fully saturated rings. The van der Waals surface area contributed by atoms with Crippen molar-refractivity contribution in [3.63, 3.8) is 0 Å². The topological polar surface area (TPSA) is 75.6 Å². The third-order valence-corrected chi connectivity index (χ3v) is 2.99. The minimum Gasteiger partial charge on any atom is -0.480 e. The van der Waals surface area contributed by atoms with Crippen LogP contribution in [0.5, 0.6) is 11.5 Å². The lowest BCUT2D eigenvalue weighted by molar-refractivity contribution is -0.140. The maximum Gasteiger partial charge on any atom is 0.325 e. The van der Waals surface area contributed by atoms with Crippen molar-refractivity contribution in [2.24, 2.45) is 0 Å². The molecule has 0 bridgehead atoms. The second-order valence-electron chi connectivity index (χ2n) is 4.89. The Balaban J connectivity index is 2.01. The van der Waals surface area contributed by atoms with E-state index in [4.69, 9.17) is 9.84 Å². The van der Waals surface area contributed by atoms with Crippen molar-refractivity contribution in [1.82, 2.24) is 5.32 Å². The number of carbonyl (C=O) groups is 2. The summed E-state index contributed by atoms with van der Waals surface area (Å²) < 4.78 is 5.71. The molecule has 0 heterocycles. The van der Waals surface area contributed by atoms with E-state index in [1.165, 1.54) is 13.0 Å². The van der Waals surface area contributed by atoms with Gasteiger partial charge in [0.05, 0.1) is 0 Å². The first-order valence-corrected chi connectivity index (χ1v) is 7.09. The Kier molecular flexibility index (Phi) is 5.52. The summed E-state index contributed by atoms with van der Waals surface area (Å²) in [4.78, 5) is 22.3. The smallest absolute Gasteiger partial charge is 0.325 e. The normalized spacial score (nSPS) is 11.9. The van der Waals surface area contributed by atoms with Gasteiger partial charge in [0.2, 0.25) is 5.91 Å². The molecule has 2 aromatic carbocycles. The van der Waals surface area contributed by atoms with E-state index < -0.39 is 17.9 Å². The van der Waals surface area contributed by atoms with Crippen molar-refractivity contribution in [2.75, 3.05) is 0 Å². The molecule has 2 N–H and O–H groups in total. The first kappa shape index (κ1) is 16.3. The quantitative estimate of drug-likeness (QED) is 0.804. The number of rotatable bonds is 6. The van der Waals surface area contributed by atoms with Gasteiger partial charge in [0.1, 0.15) is 17.5 Å². The highest BCUT2D eigenvalue weighted by Crippen LogP contribution is 2.22. The lowest BCUT2D eigenvalue weighted by atomic mass is 10.2. The molecule has 0 aliphatic carbocycles. The Bertz CT molecular complexity index is 710. The lowest BCUT2D eigenvalue weighted by Gasteiger charge is -2.07. The monoisotopic (exact) mass is 311 g/mol. The average Bonchev–Trinajstić information content (AvgIpc) is 2.54. The summed E-state index contributed by atoms with van der Waals surface area (Å²) in [5, 5.41) is 11.1. The van der Waals surface area contributed by atoms with Crippen LogP contribution in [-0.2, 0) is 9.59 Å². The Morgan fingerprint density at radius 1 is 1.09 bits per heavy atom. The number of benzene rings is 2. The minimum absolute atomic E-state index is 0.464. The van der Waals surface area contributed by atoms with Gasteiger partial charge in [-0.3, -0.25) is 9.59 Å². The molecule has 2 rings (SSSR count). The van der Waals surface area contributed by atoms with Crippen LogP contribution >= 0.6 is 0 Å². The van der Waals surface area contributed by atoms with Gasteiger partial charge in [0, 0.05) is 6.08 Å². The summed E-state index contributed by atoms with van der Waals surface area (Å²) in [7, 11) is 0. The molecule has 0 aromatic heterocycles. The first-order valence-electron chi connectivity index (χ1n) is 7.09. The third-order valence-electron chi connectivity index (χ3n) is 2.99. The van der Waals surface area contributed by atoms with Crippen LogP contribution in [0, 0.1) is 0 Å². The second-order valence-corrected chi connectivity index (χ2v) is 4.89. The zero-order chi connectivity index (χ0) is 16.7. The Labute approximate surface area is 134 Å². The van der Waals surface area contributed by atoms with E-state index in [1.807, 2.05) is 48.5 Å². The lowest BCUT2D eigenvalue weighted by Crippen LogP contribution is -2.37. The fourth-order valence-corrected chi connectivity index (χ4v) is 1.80. The van der Waals surface area contributed by atoms with Gasteiger partial charge >= 0.3 is 5.97 Å². The second kappa shape index (κ2) is 7.79. The number of para-hydroxylation sites is 1. The SMILES string of the molecule is C[C@@H](NC(=O)/C=C/c1cccc(Oc2ccccc2)c1)C(=O)O. The first-order chi connectivity index (χ1) is 11.0. The van der Waals surface area contributed by atoms with Crippen molar-refractivity contribution in [3.05, 3.63) is 66.2 Å². The molecule has 0 radical (unpaired) electrons. The molecule has 1 amide bonds. The molecule has 5 nitrogen and oxygen atoms in total. The van der Waals surface area contributed by atoms with Crippen LogP contribution in [0.3, 0.4) is 0 Å². The van der Waals surface area contributed by atoms with Crippen LogP contribution in [0.2, 0.25) is 0 Å². The number of amides is 1. The summed E-state index contributed by atoms with van der Waals surface area (Å²) >= 11 is 0. The molecule has 1 atom stereocenters. The number of aliphatic carboxylic acids is 1. The molecule has 118 valence electrons. The molecule has 0 saturated heterocycles. The molecule has 0 spiro atoms. The molecule has 23 heavy (non-hydrogen) atoms. The van der Waals surface area contributed by atoms with Crippen LogP contribution in [0.25, 0.3) is 6.08 Å². The number of hydrogen-bond acceptors (Lipinski definition) is 3. The average molecular weight is 311 g/mol. The van der Waals surface area contributed by atoms with Crippen molar-refractivity contribution >= 4 is 18.0 Å². The fourth-order valence-electron chi connectivity index (χ4n) is 1.80. The maximum atomic E-state index is 11.6. The number of carbonyl (C=O) groups excluding carboxylic acids is 1.